The number of aromatic hydroxyl groups is 1. The van der Waals surface area contributed by atoms with Crippen LogP contribution in [0.2, 0.25) is 0 Å². The minimum atomic E-state index is -0.331. The van der Waals surface area contributed by atoms with Crippen LogP contribution >= 0.6 is 0 Å². The standard InChI is InChI=1S/C10H13FO/c1-4-8-6(2)7(3)9(11)5-10(8)12/h5,12H,4H2,1-3H3. The molecule has 12 heavy (non-hydrogen) atoms. The molecule has 0 aliphatic carbocycles. The lowest BCUT2D eigenvalue weighted by atomic mass is 10.00. The van der Waals surface area contributed by atoms with Crippen LogP contribution < -0.4 is 0 Å². The van der Waals surface area contributed by atoms with E-state index in [2.05, 4.69) is 0 Å². The fourth-order valence-electron chi connectivity index (χ4n) is 1.36. The fraction of sp³-hybridized carbons (Fsp3) is 0.400. The van der Waals surface area contributed by atoms with E-state index in [1.165, 1.54) is 6.07 Å². The molecule has 0 spiro atoms. The molecule has 0 atom stereocenters. The predicted octanol–water partition coefficient (Wildman–Crippen LogP) is 2.71. The molecule has 0 amide bonds. The van der Waals surface area contributed by atoms with Crippen LogP contribution in [0.5, 0.6) is 5.75 Å². The van der Waals surface area contributed by atoms with Crippen molar-refractivity contribution in [3.63, 3.8) is 0 Å². The molecule has 0 aliphatic rings. The summed E-state index contributed by atoms with van der Waals surface area (Å²) in [6.45, 7) is 5.50. The fourth-order valence-corrected chi connectivity index (χ4v) is 1.36. The second-order valence-electron chi connectivity index (χ2n) is 2.96. The summed E-state index contributed by atoms with van der Waals surface area (Å²) in [5, 5.41) is 9.36. The predicted molar refractivity (Wildman–Crippen MR) is 46.9 cm³/mol. The van der Waals surface area contributed by atoms with Gasteiger partial charge in [-0.3, -0.25) is 0 Å². The molecule has 0 saturated carbocycles. The molecule has 0 aromatic heterocycles. The van der Waals surface area contributed by atoms with Crippen LogP contribution in [0.15, 0.2) is 6.07 Å². The second-order valence-corrected chi connectivity index (χ2v) is 2.96. The molecular formula is C10H13FO. The van der Waals surface area contributed by atoms with Crippen molar-refractivity contribution in [3.05, 3.63) is 28.6 Å². The molecule has 0 heterocycles. The minimum Gasteiger partial charge on any atom is -0.508 e. The first-order valence-electron chi connectivity index (χ1n) is 4.05. The molecule has 1 aromatic carbocycles. The Morgan fingerprint density at radius 2 is 1.92 bits per heavy atom. The van der Waals surface area contributed by atoms with Gasteiger partial charge < -0.3 is 5.11 Å². The Balaban J connectivity index is 3.40. The van der Waals surface area contributed by atoms with E-state index in [-0.39, 0.29) is 11.6 Å². The summed E-state index contributed by atoms with van der Waals surface area (Å²) in [6.07, 6.45) is 0.735. The normalized spacial score (nSPS) is 10.3. The van der Waals surface area contributed by atoms with Crippen molar-refractivity contribution in [1.82, 2.24) is 0 Å². The van der Waals surface area contributed by atoms with Crippen molar-refractivity contribution in [1.29, 1.82) is 0 Å². The zero-order chi connectivity index (χ0) is 9.30. The molecule has 0 fully saturated rings. The number of hydrogen-bond donors (Lipinski definition) is 1. The Kier molecular flexibility index (Phi) is 2.36. The lowest BCUT2D eigenvalue weighted by Crippen LogP contribution is -1.94. The first-order chi connectivity index (χ1) is 5.57. The molecule has 0 radical (unpaired) electrons. The number of rotatable bonds is 1. The quantitative estimate of drug-likeness (QED) is 0.683. The topological polar surface area (TPSA) is 20.2 Å². The van der Waals surface area contributed by atoms with E-state index in [1.807, 2.05) is 13.8 Å². The van der Waals surface area contributed by atoms with Crippen molar-refractivity contribution >= 4 is 0 Å². The highest BCUT2D eigenvalue weighted by Gasteiger charge is 2.09. The van der Waals surface area contributed by atoms with E-state index >= 15 is 0 Å². The maximum atomic E-state index is 13.0. The van der Waals surface area contributed by atoms with Gasteiger partial charge >= 0.3 is 0 Å². The van der Waals surface area contributed by atoms with Gasteiger partial charge in [0.05, 0.1) is 0 Å². The van der Waals surface area contributed by atoms with Gasteiger partial charge in [0.25, 0.3) is 0 Å². The van der Waals surface area contributed by atoms with Gasteiger partial charge in [0.2, 0.25) is 0 Å². The van der Waals surface area contributed by atoms with Crippen LogP contribution in [0.1, 0.15) is 23.6 Å². The van der Waals surface area contributed by atoms with E-state index in [9.17, 15) is 9.50 Å². The van der Waals surface area contributed by atoms with E-state index < -0.39 is 0 Å². The van der Waals surface area contributed by atoms with Gasteiger partial charge in [-0.05, 0) is 37.0 Å². The molecule has 66 valence electrons. The third-order valence-electron chi connectivity index (χ3n) is 2.30. The van der Waals surface area contributed by atoms with Crippen LogP contribution in [0.25, 0.3) is 0 Å². The molecule has 1 rings (SSSR count). The first-order valence-corrected chi connectivity index (χ1v) is 4.05. The number of halogens is 1. The number of phenolic OH excluding ortho intramolecular Hbond substituents is 1. The summed E-state index contributed by atoms with van der Waals surface area (Å²) >= 11 is 0. The van der Waals surface area contributed by atoms with Crippen molar-refractivity contribution in [3.8, 4) is 5.75 Å². The van der Waals surface area contributed by atoms with Gasteiger partial charge in [-0.25, -0.2) is 4.39 Å². The van der Waals surface area contributed by atoms with Crippen LogP contribution in [0, 0.1) is 19.7 Å². The Morgan fingerprint density at radius 3 is 2.42 bits per heavy atom. The SMILES string of the molecule is CCc1c(O)cc(F)c(C)c1C. The zero-order valence-electron chi connectivity index (χ0n) is 7.61. The van der Waals surface area contributed by atoms with Crippen LogP contribution in [0.4, 0.5) is 4.39 Å². The highest BCUT2D eigenvalue weighted by atomic mass is 19.1. The number of hydrogen-bond acceptors (Lipinski definition) is 1. The van der Waals surface area contributed by atoms with Crippen molar-refractivity contribution in [2.75, 3.05) is 0 Å². The average molecular weight is 168 g/mol. The van der Waals surface area contributed by atoms with Gasteiger partial charge in [-0.15, -0.1) is 0 Å². The Labute approximate surface area is 71.9 Å². The largest absolute Gasteiger partial charge is 0.508 e. The summed E-state index contributed by atoms with van der Waals surface area (Å²) in [4.78, 5) is 0. The summed E-state index contributed by atoms with van der Waals surface area (Å²) in [7, 11) is 0. The van der Waals surface area contributed by atoms with Crippen LogP contribution in [-0.4, -0.2) is 5.11 Å². The maximum Gasteiger partial charge on any atom is 0.130 e. The molecule has 0 aliphatic heterocycles. The number of benzene rings is 1. The van der Waals surface area contributed by atoms with E-state index in [0.717, 1.165) is 17.5 Å². The highest BCUT2D eigenvalue weighted by Crippen LogP contribution is 2.26. The summed E-state index contributed by atoms with van der Waals surface area (Å²) in [5.74, 6) is -0.264. The van der Waals surface area contributed by atoms with E-state index in [1.54, 1.807) is 6.92 Å². The summed E-state index contributed by atoms with van der Waals surface area (Å²) in [6, 6.07) is 1.18. The van der Waals surface area contributed by atoms with E-state index in [0.29, 0.717) is 5.56 Å². The smallest absolute Gasteiger partial charge is 0.130 e. The molecule has 0 bridgehead atoms. The first kappa shape index (κ1) is 9.04. The third-order valence-corrected chi connectivity index (χ3v) is 2.30. The minimum absolute atomic E-state index is 0.0677. The lowest BCUT2D eigenvalue weighted by molar-refractivity contribution is 0.461. The Morgan fingerprint density at radius 1 is 1.33 bits per heavy atom. The summed E-state index contributed by atoms with van der Waals surface area (Å²) < 4.78 is 13.0. The van der Waals surface area contributed by atoms with E-state index in [4.69, 9.17) is 0 Å². The summed E-state index contributed by atoms with van der Waals surface area (Å²) in [5.41, 5.74) is 2.33. The highest BCUT2D eigenvalue weighted by molar-refractivity contribution is 5.43. The molecule has 1 nitrogen and oxygen atoms in total. The second kappa shape index (κ2) is 3.13. The van der Waals surface area contributed by atoms with Gasteiger partial charge in [0.15, 0.2) is 0 Å². The Bertz CT molecular complexity index is 305. The molecule has 1 aromatic rings. The van der Waals surface area contributed by atoms with Gasteiger partial charge in [-0.2, -0.15) is 0 Å². The molecule has 0 saturated heterocycles. The molecule has 2 heteroatoms. The monoisotopic (exact) mass is 168 g/mol. The van der Waals surface area contributed by atoms with Gasteiger partial charge in [0, 0.05) is 6.07 Å². The lowest BCUT2D eigenvalue weighted by Gasteiger charge is -2.09. The number of phenols is 1. The molecule has 0 unspecified atom stereocenters. The van der Waals surface area contributed by atoms with Crippen LogP contribution in [-0.2, 0) is 6.42 Å². The van der Waals surface area contributed by atoms with Crippen molar-refractivity contribution in [2.45, 2.75) is 27.2 Å². The third kappa shape index (κ3) is 1.29. The zero-order valence-corrected chi connectivity index (χ0v) is 7.61. The van der Waals surface area contributed by atoms with Crippen molar-refractivity contribution < 1.29 is 9.50 Å². The Hall–Kier alpha value is -1.05. The van der Waals surface area contributed by atoms with Crippen molar-refractivity contribution in [2.24, 2.45) is 0 Å². The van der Waals surface area contributed by atoms with Gasteiger partial charge in [-0.1, -0.05) is 6.92 Å². The van der Waals surface area contributed by atoms with Crippen LogP contribution in [0.3, 0.4) is 0 Å². The average Bonchev–Trinajstić information content (AvgIpc) is 2.01. The molecular weight excluding hydrogens is 155 g/mol. The molecule has 1 N–H and O–H groups in total. The van der Waals surface area contributed by atoms with Gasteiger partial charge in [0.1, 0.15) is 11.6 Å². The maximum absolute atomic E-state index is 13.0.